The number of ether oxygens (including phenoxy) is 1. The summed E-state index contributed by atoms with van der Waals surface area (Å²) in [6, 6.07) is 18.9. The van der Waals surface area contributed by atoms with Crippen molar-refractivity contribution < 1.29 is 9.13 Å². The van der Waals surface area contributed by atoms with E-state index < -0.39 is 0 Å². The molecule has 0 spiro atoms. The molecule has 0 atom stereocenters. The molecule has 0 unspecified atom stereocenters. The van der Waals surface area contributed by atoms with Crippen molar-refractivity contribution in [1.82, 2.24) is 14.7 Å². The highest BCUT2D eigenvalue weighted by atomic mass is 19.1. The highest BCUT2D eigenvalue weighted by Gasteiger charge is 2.28. The second-order valence-corrected chi connectivity index (χ2v) is 6.29. The van der Waals surface area contributed by atoms with Crippen LogP contribution in [0.1, 0.15) is 11.3 Å². The number of benzene rings is 2. The first kappa shape index (κ1) is 16.0. The van der Waals surface area contributed by atoms with E-state index >= 15 is 0 Å². The van der Waals surface area contributed by atoms with E-state index in [4.69, 9.17) is 4.74 Å². The summed E-state index contributed by atoms with van der Waals surface area (Å²) in [6.45, 7) is 2.87. The van der Waals surface area contributed by atoms with Gasteiger partial charge in [0.1, 0.15) is 5.82 Å². The fourth-order valence-corrected chi connectivity index (χ4v) is 3.06. The van der Waals surface area contributed by atoms with Gasteiger partial charge in [-0.2, -0.15) is 5.10 Å². The summed E-state index contributed by atoms with van der Waals surface area (Å²) < 4.78 is 21.4. The van der Waals surface area contributed by atoms with E-state index in [1.54, 1.807) is 12.1 Å². The third-order valence-corrected chi connectivity index (χ3v) is 4.46. The second-order valence-electron chi connectivity index (χ2n) is 6.29. The minimum Gasteiger partial charge on any atom is -0.371 e. The van der Waals surface area contributed by atoms with Crippen LogP contribution in [0.25, 0.3) is 5.69 Å². The van der Waals surface area contributed by atoms with Gasteiger partial charge >= 0.3 is 0 Å². The number of nitrogens with zero attached hydrogens (tertiary/aromatic N) is 3. The molecule has 0 bridgehead atoms. The van der Waals surface area contributed by atoms with Crippen molar-refractivity contribution in [1.29, 1.82) is 0 Å². The van der Waals surface area contributed by atoms with Crippen LogP contribution in [0.15, 0.2) is 66.9 Å². The van der Waals surface area contributed by atoms with Crippen molar-refractivity contribution in [2.75, 3.05) is 13.1 Å². The Hall–Kier alpha value is -2.50. The van der Waals surface area contributed by atoms with Crippen LogP contribution in [0.2, 0.25) is 0 Å². The minimum absolute atomic E-state index is 0.160. The Balaban J connectivity index is 1.30. The summed E-state index contributed by atoms with van der Waals surface area (Å²) in [4.78, 5) is 2.31. The Morgan fingerprint density at radius 1 is 1.00 bits per heavy atom. The quantitative estimate of drug-likeness (QED) is 0.690. The first-order valence-corrected chi connectivity index (χ1v) is 8.45. The van der Waals surface area contributed by atoms with E-state index in [-0.39, 0.29) is 11.9 Å². The molecule has 1 aromatic heterocycles. The summed E-state index contributed by atoms with van der Waals surface area (Å²) in [6.07, 6.45) is 1.99. The largest absolute Gasteiger partial charge is 0.371 e. The molecule has 0 amide bonds. The zero-order valence-corrected chi connectivity index (χ0v) is 13.9. The van der Waals surface area contributed by atoms with Gasteiger partial charge in [0.05, 0.1) is 24.1 Å². The van der Waals surface area contributed by atoms with Gasteiger partial charge in [-0.15, -0.1) is 0 Å². The molecule has 0 aliphatic carbocycles. The third kappa shape index (κ3) is 3.62. The van der Waals surface area contributed by atoms with Crippen LogP contribution in [-0.2, 0) is 17.9 Å². The number of halogens is 1. The molecule has 4 nitrogen and oxygen atoms in total. The molecule has 2 heterocycles. The zero-order chi connectivity index (χ0) is 17.1. The van der Waals surface area contributed by atoms with Crippen molar-refractivity contribution in [2.45, 2.75) is 19.3 Å². The van der Waals surface area contributed by atoms with Gasteiger partial charge in [-0.05, 0) is 24.3 Å². The van der Waals surface area contributed by atoms with Gasteiger partial charge < -0.3 is 4.74 Å². The lowest BCUT2D eigenvalue weighted by atomic mass is 10.1. The van der Waals surface area contributed by atoms with Crippen molar-refractivity contribution in [3.05, 3.63) is 83.9 Å². The lowest BCUT2D eigenvalue weighted by Crippen LogP contribution is -2.51. The average molecular weight is 337 g/mol. The molecule has 4 rings (SSSR count). The third-order valence-electron chi connectivity index (χ3n) is 4.46. The van der Waals surface area contributed by atoms with Gasteiger partial charge in [-0.25, -0.2) is 9.07 Å². The van der Waals surface area contributed by atoms with E-state index in [0.717, 1.165) is 31.0 Å². The monoisotopic (exact) mass is 337 g/mol. The molecule has 1 aliphatic rings. The van der Waals surface area contributed by atoms with E-state index in [9.17, 15) is 4.39 Å². The molecule has 1 saturated heterocycles. The van der Waals surface area contributed by atoms with E-state index in [1.807, 2.05) is 53.3 Å². The van der Waals surface area contributed by atoms with Gasteiger partial charge in [0.15, 0.2) is 0 Å². The zero-order valence-electron chi connectivity index (χ0n) is 13.9. The van der Waals surface area contributed by atoms with Gasteiger partial charge in [0.2, 0.25) is 0 Å². The molecule has 0 radical (unpaired) electrons. The Bertz CT molecular complexity index is 828. The number of hydrogen-bond donors (Lipinski definition) is 0. The van der Waals surface area contributed by atoms with Crippen LogP contribution in [0.3, 0.4) is 0 Å². The van der Waals surface area contributed by atoms with E-state index in [0.29, 0.717) is 12.2 Å². The molecule has 0 N–H and O–H groups in total. The summed E-state index contributed by atoms with van der Waals surface area (Å²) >= 11 is 0. The number of hydrogen-bond acceptors (Lipinski definition) is 3. The van der Waals surface area contributed by atoms with Gasteiger partial charge in [0.25, 0.3) is 0 Å². The Morgan fingerprint density at radius 3 is 2.56 bits per heavy atom. The fraction of sp³-hybridized carbons (Fsp3) is 0.250. The first-order chi connectivity index (χ1) is 12.3. The smallest absolute Gasteiger partial charge is 0.128 e. The van der Waals surface area contributed by atoms with Crippen LogP contribution in [0.5, 0.6) is 0 Å². The van der Waals surface area contributed by atoms with Crippen molar-refractivity contribution in [3.63, 3.8) is 0 Å². The predicted molar refractivity (Wildman–Crippen MR) is 93.8 cm³/mol. The Morgan fingerprint density at radius 2 is 1.76 bits per heavy atom. The van der Waals surface area contributed by atoms with E-state index in [1.165, 1.54) is 6.07 Å². The lowest BCUT2D eigenvalue weighted by Gasteiger charge is -2.38. The van der Waals surface area contributed by atoms with Gasteiger partial charge in [0, 0.05) is 31.4 Å². The SMILES string of the molecule is Fc1ccccc1COC1CN(Cc2ccnn2-c2ccccc2)C1. The Kier molecular flexibility index (Phi) is 4.59. The van der Waals surface area contributed by atoms with Gasteiger partial charge in [-0.3, -0.25) is 4.90 Å². The summed E-state index contributed by atoms with van der Waals surface area (Å²) in [5.74, 6) is -0.203. The molecule has 2 aromatic carbocycles. The topological polar surface area (TPSA) is 30.3 Å². The van der Waals surface area contributed by atoms with Crippen molar-refractivity contribution >= 4 is 0 Å². The fourth-order valence-electron chi connectivity index (χ4n) is 3.06. The highest BCUT2D eigenvalue weighted by Crippen LogP contribution is 2.19. The van der Waals surface area contributed by atoms with Gasteiger partial charge in [-0.1, -0.05) is 36.4 Å². The minimum atomic E-state index is -0.203. The standard InChI is InChI=1S/C20H20FN3O/c21-20-9-5-4-6-16(20)15-25-19-13-23(14-19)12-18-10-11-22-24(18)17-7-2-1-3-8-17/h1-11,19H,12-15H2. The van der Waals surface area contributed by atoms with Crippen LogP contribution in [0.4, 0.5) is 4.39 Å². The highest BCUT2D eigenvalue weighted by molar-refractivity contribution is 5.32. The molecule has 128 valence electrons. The summed E-state index contributed by atoms with van der Waals surface area (Å²) in [7, 11) is 0. The number of likely N-dealkylation sites (tertiary alicyclic amines) is 1. The molecule has 1 fully saturated rings. The van der Waals surface area contributed by atoms with E-state index in [2.05, 4.69) is 10.00 Å². The lowest BCUT2D eigenvalue weighted by molar-refractivity contribution is -0.0671. The normalized spacial score (nSPS) is 15.2. The van der Waals surface area contributed by atoms with Crippen molar-refractivity contribution in [3.8, 4) is 5.69 Å². The predicted octanol–water partition coefficient (Wildman–Crippen LogP) is 3.41. The molecule has 3 aromatic rings. The molecule has 25 heavy (non-hydrogen) atoms. The summed E-state index contributed by atoms with van der Waals surface area (Å²) in [5, 5.41) is 4.42. The first-order valence-electron chi connectivity index (χ1n) is 8.45. The van der Waals surface area contributed by atoms with Crippen molar-refractivity contribution in [2.24, 2.45) is 0 Å². The molecule has 1 aliphatic heterocycles. The van der Waals surface area contributed by atoms with Crippen LogP contribution in [-0.4, -0.2) is 33.9 Å². The average Bonchev–Trinajstić information content (AvgIpc) is 3.07. The number of aromatic nitrogens is 2. The second kappa shape index (κ2) is 7.17. The maximum absolute atomic E-state index is 13.6. The summed E-state index contributed by atoms with van der Waals surface area (Å²) in [5.41, 5.74) is 2.83. The Labute approximate surface area is 146 Å². The number of rotatable bonds is 6. The van der Waals surface area contributed by atoms with Crippen LogP contribution >= 0.6 is 0 Å². The maximum atomic E-state index is 13.6. The van der Waals surface area contributed by atoms with Crippen LogP contribution in [0, 0.1) is 5.82 Å². The maximum Gasteiger partial charge on any atom is 0.128 e. The molecule has 5 heteroatoms. The van der Waals surface area contributed by atoms with Crippen LogP contribution < -0.4 is 0 Å². The molecular formula is C20H20FN3O. The number of para-hydroxylation sites is 1. The molecule has 0 saturated carbocycles. The molecular weight excluding hydrogens is 317 g/mol.